The number of thiazole rings is 1. The SMILES string of the molecule is Cc1ccc(Br)cc1Oc1nc2sccn2c1CC(C)N. The molecular weight excluding hydrogens is 350 g/mol. The van der Waals surface area contributed by atoms with Gasteiger partial charge in [-0.15, -0.1) is 11.3 Å². The molecule has 0 saturated heterocycles. The molecule has 0 bridgehead atoms. The molecule has 2 aromatic heterocycles. The van der Waals surface area contributed by atoms with Crippen molar-refractivity contribution < 1.29 is 4.74 Å². The van der Waals surface area contributed by atoms with Gasteiger partial charge in [-0.2, -0.15) is 4.98 Å². The monoisotopic (exact) mass is 365 g/mol. The van der Waals surface area contributed by atoms with Crippen molar-refractivity contribution in [3.8, 4) is 11.6 Å². The average Bonchev–Trinajstić information content (AvgIpc) is 2.97. The topological polar surface area (TPSA) is 52.5 Å². The van der Waals surface area contributed by atoms with Crippen LogP contribution in [-0.4, -0.2) is 15.4 Å². The first kappa shape index (κ1) is 14.6. The van der Waals surface area contributed by atoms with Crippen molar-refractivity contribution in [3.05, 3.63) is 45.5 Å². The number of imidazole rings is 1. The normalized spacial score (nSPS) is 12.8. The Morgan fingerprint density at radius 3 is 3.05 bits per heavy atom. The van der Waals surface area contributed by atoms with Crippen LogP contribution in [0, 0.1) is 6.92 Å². The second kappa shape index (κ2) is 5.79. The summed E-state index contributed by atoms with van der Waals surface area (Å²) in [7, 11) is 0. The number of fused-ring (bicyclic) bond motifs is 1. The number of hydrogen-bond donors (Lipinski definition) is 1. The fourth-order valence-electron chi connectivity index (χ4n) is 2.17. The van der Waals surface area contributed by atoms with Crippen molar-refractivity contribution in [3.63, 3.8) is 0 Å². The lowest BCUT2D eigenvalue weighted by molar-refractivity contribution is 0.453. The van der Waals surface area contributed by atoms with Crippen molar-refractivity contribution in [1.82, 2.24) is 9.38 Å². The molecule has 0 radical (unpaired) electrons. The standard InChI is InChI=1S/C15H16BrN3OS/c1-9-3-4-11(16)8-13(9)20-14-12(7-10(2)17)19-5-6-21-15(19)18-14/h3-6,8,10H,7,17H2,1-2H3. The lowest BCUT2D eigenvalue weighted by Crippen LogP contribution is -2.19. The highest BCUT2D eigenvalue weighted by Crippen LogP contribution is 2.32. The largest absolute Gasteiger partial charge is 0.437 e. The van der Waals surface area contributed by atoms with Gasteiger partial charge in [0.05, 0.1) is 5.69 Å². The molecule has 1 aromatic carbocycles. The summed E-state index contributed by atoms with van der Waals surface area (Å²) in [5.74, 6) is 1.45. The number of ether oxygens (including phenoxy) is 1. The van der Waals surface area contributed by atoms with E-state index in [-0.39, 0.29) is 6.04 Å². The molecule has 2 N–H and O–H groups in total. The van der Waals surface area contributed by atoms with Crippen LogP contribution in [0.15, 0.2) is 34.2 Å². The maximum Gasteiger partial charge on any atom is 0.242 e. The molecule has 1 atom stereocenters. The zero-order valence-corrected chi connectivity index (χ0v) is 14.2. The van der Waals surface area contributed by atoms with Gasteiger partial charge in [0.15, 0.2) is 4.96 Å². The number of halogens is 1. The molecule has 3 aromatic rings. The van der Waals surface area contributed by atoms with Crippen LogP contribution in [0.4, 0.5) is 0 Å². The molecule has 0 amide bonds. The number of aromatic nitrogens is 2. The first-order valence-corrected chi connectivity index (χ1v) is 8.36. The lowest BCUT2D eigenvalue weighted by atomic mass is 10.2. The Balaban J connectivity index is 2.03. The Morgan fingerprint density at radius 1 is 1.48 bits per heavy atom. The summed E-state index contributed by atoms with van der Waals surface area (Å²) < 4.78 is 9.09. The molecule has 3 rings (SSSR count). The van der Waals surface area contributed by atoms with E-state index in [0.717, 1.165) is 32.9 Å². The van der Waals surface area contributed by atoms with E-state index in [4.69, 9.17) is 10.5 Å². The van der Waals surface area contributed by atoms with Gasteiger partial charge in [-0.05, 0) is 31.5 Å². The van der Waals surface area contributed by atoms with Crippen LogP contribution in [-0.2, 0) is 6.42 Å². The first-order valence-electron chi connectivity index (χ1n) is 6.68. The molecule has 4 nitrogen and oxygen atoms in total. The fraction of sp³-hybridized carbons (Fsp3) is 0.267. The van der Waals surface area contributed by atoms with E-state index in [2.05, 4.69) is 25.3 Å². The molecule has 0 spiro atoms. The molecule has 2 heterocycles. The van der Waals surface area contributed by atoms with Gasteiger partial charge in [0.1, 0.15) is 5.75 Å². The quantitative estimate of drug-likeness (QED) is 0.755. The zero-order chi connectivity index (χ0) is 15.0. The van der Waals surface area contributed by atoms with Crippen molar-refractivity contribution in [2.75, 3.05) is 0 Å². The number of benzene rings is 1. The van der Waals surface area contributed by atoms with E-state index >= 15 is 0 Å². The van der Waals surface area contributed by atoms with Gasteiger partial charge in [0, 0.05) is 28.5 Å². The Labute approximate surface area is 135 Å². The minimum Gasteiger partial charge on any atom is -0.437 e. The predicted octanol–water partition coefficient (Wildman–Crippen LogP) is 4.15. The Kier molecular flexibility index (Phi) is 4.01. The van der Waals surface area contributed by atoms with E-state index in [1.807, 2.05) is 43.6 Å². The number of nitrogens with zero attached hydrogens (tertiary/aromatic N) is 2. The first-order chi connectivity index (χ1) is 10.0. The third-order valence-corrected chi connectivity index (χ3v) is 4.45. The van der Waals surface area contributed by atoms with Gasteiger partial charge in [-0.3, -0.25) is 4.40 Å². The van der Waals surface area contributed by atoms with Gasteiger partial charge < -0.3 is 10.5 Å². The maximum absolute atomic E-state index is 6.05. The lowest BCUT2D eigenvalue weighted by Gasteiger charge is -2.10. The van der Waals surface area contributed by atoms with Gasteiger partial charge >= 0.3 is 0 Å². The predicted molar refractivity (Wildman–Crippen MR) is 89.4 cm³/mol. The maximum atomic E-state index is 6.05. The van der Waals surface area contributed by atoms with Crippen LogP contribution in [0.5, 0.6) is 11.6 Å². The van der Waals surface area contributed by atoms with E-state index in [9.17, 15) is 0 Å². The van der Waals surface area contributed by atoms with Gasteiger partial charge in [0.2, 0.25) is 5.88 Å². The summed E-state index contributed by atoms with van der Waals surface area (Å²) in [5.41, 5.74) is 8.04. The van der Waals surface area contributed by atoms with Crippen LogP contribution in [0.2, 0.25) is 0 Å². The van der Waals surface area contributed by atoms with Crippen LogP contribution in [0.25, 0.3) is 4.96 Å². The molecule has 21 heavy (non-hydrogen) atoms. The van der Waals surface area contributed by atoms with Crippen LogP contribution < -0.4 is 10.5 Å². The van der Waals surface area contributed by atoms with Gasteiger partial charge in [0.25, 0.3) is 0 Å². The van der Waals surface area contributed by atoms with Gasteiger partial charge in [-0.1, -0.05) is 22.0 Å². The highest BCUT2D eigenvalue weighted by Gasteiger charge is 2.17. The third kappa shape index (κ3) is 2.97. The molecular formula is C15H16BrN3OS. The third-order valence-electron chi connectivity index (χ3n) is 3.20. The molecule has 0 aliphatic rings. The molecule has 6 heteroatoms. The number of hydrogen-bond acceptors (Lipinski definition) is 4. The summed E-state index contributed by atoms with van der Waals surface area (Å²) in [6.45, 7) is 4.01. The minimum atomic E-state index is 0.0516. The minimum absolute atomic E-state index is 0.0516. The average molecular weight is 366 g/mol. The second-order valence-electron chi connectivity index (χ2n) is 5.11. The van der Waals surface area contributed by atoms with Crippen molar-refractivity contribution in [2.24, 2.45) is 5.73 Å². The second-order valence-corrected chi connectivity index (χ2v) is 6.90. The van der Waals surface area contributed by atoms with E-state index in [1.165, 1.54) is 0 Å². The van der Waals surface area contributed by atoms with E-state index < -0.39 is 0 Å². The highest BCUT2D eigenvalue weighted by molar-refractivity contribution is 9.10. The summed E-state index contributed by atoms with van der Waals surface area (Å²) in [6.07, 6.45) is 2.73. The number of nitrogens with two attached hydrogens (primary N) is 1. The van der Waals surface area contributed by atoms with Crippen molar-refractivity contribution in [2.45, 2.75) is 26.3 Å². The molecule has 0 aliphatic heterocycles. The Bertz CT molecular complexity index is 778. The van der Waals surface area contributed by atoms with E-state index in [0.29, 0.717) is 5.88 Å². The molecule has 0 fully saturated rings. The zero-order valence-electron chi connectivity index (χ0n) is 11.8. The molecule has 0 aliphatic carbocycles. The van der Waals surface area contributed by atoms with E-state index in [1.54, 1.807) is 11.3 Å². The Hall–Kier alpha value is -1.37. The summed E-state index contributed by atoms with van der Waals surface area (Å²) >= 11 is 5.06. The van der Waals surface area contributed by atoms with Crippen molar-refractivity contribution >= 4 is 32.2 Å². The summed E-state index contributed by atoms with van der Waals surface area (Å²) in [5, 5.41) is 2.02. The highest BCUT2D eigenvalue weighted by atomic mass is 79.9. The Morgan fingerprint density at radius 2 is 2.29 bits per heavy atom. The molecule has 0 saturated carbocycles. The van der Waals surface area contributed by atoms with Gasteiger partial charge in [-0.25, -0.2) is 0 Å². The number of rotatable bonds is 4. The van der Waals surface area contributed by atoms with Crippen LogP contribution in [0.1, 0.15) is 18.2 Å². The summed E-state index contributed by atoms with van der Waals surface area (Å²) in [6, 6.07) is 6.02. The molecule has 1 unspecified atom stereocenters. The van der Waals surface area contributed by atoms with Crippen LogP contribution >= 0.6 is 27.3 Å². The molecule has 110 valence electrons. The smallest absolute Gasteiger partial charge is 0.242 e. The summed E-state index contributed by atoms with van der Waals surface area (Å²) in [4.78, 5) is 5.50. The van der Waals surface area contributed by atoms with Crippen molar-refractivity contribution in [1.29, 1.82) is 0 Å². The van der Waals surface area contributed by atoms with Crippen LogP contribution in [0.3, 0.4) is 0 Å². The number of aryl methyl sites for hydroxylation is 1. The fourth-order valence-corrected chi connectivity index (χ4v) is 3.24.